The Balaban J connectivity index is 2.45. The SMILES string of the molecule is CC(C)NCCN(C)C(C)c1ccc(Cl)cc1. The maximum atomic E-state index is 5.89. The van der Waals surface area contributed by atoms with Crippen molar-refractivity contribution in [3.05, 3.63) is 34.9 Å². The Kier molecular flexibility index (Phi) is 5.96. The van der Waals surface area contributed by atoms with Crippen LogP contribution in [0.2, 0.25) is 5.02 Å². The first kappa shape index (κ1) is 14.5. The van der Waals surface area contributed by atoms with E-state index in [9.17, 15) is 0 Å². The van der Waals surface area contributed by atoms with E-state index in [4.69, 9.17) is 11.6 Å². The second-order valence-corrected chi connectivity index (χ2v) is 5.25. The zero-order chi connectivity index (χ0) is 12.8. The second kappa shape index (κ2) is 7.00. The molecule has 0 radical (unpaired) electrons. The van der Waals surface area contributed by atoms with Crippen molar-refractivity contribution in [2.75, 3.05) is 20.1 Å². The molecule has 17 heavy (non-hydrogen) atoms. The lowest BCUT2D eigenvalue weighted by molar-refractivity contribution is 0.259. The summed E-state index contributed by atoms with van der Waals surface area (Å²) >= 11 is 5.89. The van der Waals surface area contributed by atoms with Crippen LogP contribution < -0.4 is 5.32 Å². The van der Waals surface area contributed by atoms with Crippen molar-refractivity contribution in [1.82, 2.24) is 10.2 Å². The topological polar surface area (TPSA) is 15.3 Å². The second-order valence-electron chi connectivity index (χ2n) is 4.82. The smallest absolute Gasteiger partial charge is 0.0406 e. The van der Waals surface area contributed by atoms with Crippen molar-refractivity contribution in [1.29, 1.82) is 0 Å². The normalized spacial score (nSPS) is 13.4. The van der Waals surface area contributed by atoms with Crippen molar-refractivity contribution < 1.29 is 0 Å². The quantitative estimate of drug-likeness (QED) is 0.838. The van der Waals surface area contributed by atoms with Gasteiger partial charge in [-0.05, 0) is 31.7 Å². The summed E-state index contributed by atoms with van der Waals surface area (Å²) in [6.45, 7) is 8.62. The minimum absolute atomic E-state index is 0.418. The van der Waals surface area contributed by atoms with E-state index in [0.717, 1.165) is 18.1 Å². The summed E-state index contributed by atoms with van der Waals surface area (Å²) in [6, 6.07) is 9.07. The molecule has 0 saturated carbocycles. The number of rotatable bonds is 6. The molecule has 1 atom stereocenters. The van der Waals surface area contributed by atoms with Gasteiger partial charge in [-0.3, -0.25) is 4.90 Å². The van der Waals surface area contributed by atoms with Gasteiger partial charge in [0, 0.05) is 30.2 Å². The van der Waals surface area contributed by atoms with Crippen LogP contribution in [-0.2, 0) is 0 Å². The Labute approximate surface area is 110 Å². The molecule has 0 saturated heterocycles. The average molecular weight is 255 g/mol. The molecule has 0 aromatic heterocycles. The maximum absolute atomic E-state index is 5.89. The summed E-state index contributed by atoms with van der Waals surface area (Å²) in [5, 5.41) is 4.23. The van der Waals surface area contributed by atoms with Gasteiger partial charge >= 0.3 is 0 Å². The fraction of sp³-hybridized carbons (Fsp3) is 0.571. The van der Waals surface area contributed by atoms with Gasteiger partial charge < -0.3 is 5.32 Å². The minimum atomic E-state index is 0.418. The van der Waals surface area contributed by atoms with Crippen LogP contribution in [0.5, 0.6) is 0 Å². The molecule has 0 aliphatic rings. The number of hydrogen-bond acceptors (Lipinski definition) is 2. The number of halogens is 1. The van der Waals surface area contributed by atoms with Gasteiger partial charge in [0.1, 0.15) is 0 Å². The zero-order valence-electron chi connectivity index (χ0n) is 11.2. The van der Waals surface area contributed by atoms with E-state index in [1.54, 1.807) is 0 Å². The predicted molar refractivity (Wildman–Crippen MR) is 75.6 cm³/mol. The zero-order valence-corrected chi connectivity index (χ0v) is 12.0. The molecule has 0 bridgehead atoms. The molecule has 1 aromatic rings. The Morgan fingerprint density at radius 2 is 1.76 bits per heavy atom. The molecule has 2 nitrogen and oxygen atoms in total. The van der Waals surface area contributed by atoms with Gasteiger partial charge in [0.15, 0.2) is 0 Å². The van der Waals surface area contributed by atoms with E-state index < -0.39 is 0 Å². The van der Waals surface area contributed by atoms with E-state index >= 15 is 0 Å². The van der Waals surface area contributed by atoms with Crippen LogP contribution in [0.1, 0.15) is 32.4 Å². The number of hydrogen-bond donors (Lipinski definition) is 1. The molecule has 0 spiro atoms. The van der Waals surface area contributed by atoms with Crippen molar-refractivity contribution in [3.8, 4) is 0 Å². The monoisotopic (exact) mass is 254 g/mol. The first-order chi connectivity index (χ1) is 8.00. The van der Waals surface area contributed by atoms with Gasteiger partial charge in [0.05, 0.1) is 0 Å². The maximum Gasteiger partial charge on any atom is 0.0406 e. The Hall–Kier alpha value is -0.570. The number of likely N-dealkylation sites (N-methyl/N-ethyl adjacent to an activating group) is 1. The van der Waals surface area contributed by atoms with E-state index in [1.807, 2.05) is 12.1 Å². The summed E-state index contributed by atoms with van der Waals surface area (Å²) in [4.78, 5) is 2.35. The fourth-order valence-electron chi connectivity index (χ4n) is 1.72. The highest BCUT2D eigenvalue weighted by atomic mass is 35.5. The van der Waals surface area contributed by atoms with Gasteiger partial charge in [-0.15, -0.1) is 0 Å². The van der Waals surface area contributed by atoms with Crippen LogP contribution in [0.15, 0.2) is 24.3 Å². The van der Waals surface area contributed by atoms with Gasteiger partial charge in [0.25, 0.3) is 0 Å². The highest BCUT2D eigenvalue weighted by Gasteiger charge is 2.10. The van der Waals surface area contributed by atoms with E-state index in [0.29, 0.717) is 12.1 Å². The number of nitrogens with zero attached hydrogens (tertiary/aromatic N) is 1. The van der Waals surface area contributed by atoms with Crippen molar-refractivity contribution in [3.63, 3.8) is 0 Å². The Morgan fingerprint density at radius 1 is 1.18 bits per heavy atom. The van der Waals surface area contributed by atoms with Crippen molar-refractivity contribution in [2.24, 2.45) is 0 Å². The van der Waals surface area contributed by atoms with E-state index in [2.05, 4.69) is 50.2 Å². The third-order valence-corrected chi connectivity index (χ3v) is 3.28. The molecule has 0 amide bonds. The lowest BCUT2D eigenvalue weighted by Gasteiger charge is -2.25. The van der Waals surface area contributed by atoms with E-state index in [-0.39, 0.29) is 0 Å². The number of nitrogens with one attached hydrogen (secondary N) is 1. The van der Waals surface area contributed by atoms with Gasteiger partial charge in [-0.25, -0.2) is 0 Å². The predicted octanol–water partition coefficient (Wildman–Crippen LogP) is 3.33. The summed E-state index contributed by atoms with van der Waals surface area (Å²) in [5.41, 5.74) is 1.31. The molecule has 1 unspecified atom stereocenters. The van der Waals surface area contributed by atoms with Crippen LogP contribution in [0.3, 0.4) is 0 Å². The molecule has 96 valence electrons. The molecule has 0 heterocycles. The molecule has 1 N–H and O–H groups in total. The fourth-order valence-corrected chi connectivity index (χ4v) is 1.84. The summed E-state index contributed by atoms with van der Waals surface area (Å²) in [6.07, 6.45) is 0. The van der Waals surface area contributed by atoms with Crippen LogP contribution >= 0.6 is 11.6 Å². The Bertz CT molecular complexity index is 321. The van der Waals surface area contributed by atoms with Crippen molar-refractivity contribution >= 4 is 11.6 Å². The first-order valence-corrected chi connectivity index (χ1v) is 6.57. The Morgan fingerprint density at radius 3 is 2.29 bits per heavy atom. The molecule has 0 fully saturated rings. The van der Waals surface area contributed by atoms with Gasteiger partial charge in [-0.1, -0.05) is 37.6 Å². The third kappa shape index (κ3) is 5.07. The largest absolute Gasteiger partial charge is 0.313 e. The van der Waals surface area contributed by atoms with Gasteiger partial charge in [0.2, 0.25) is 0 Å². The molecular weight excluding hydrogens is 232 g/mol. The van der Waals surface area contributed by atoms with Gasteiger partial charge in [-0.2, -0.15) is 0 Å². The molecule has 1 rings (SSSR count). The first-order valence-electron chi connectivity index (χ1n) is 6.19. The molecule has 0 aliphatic carbocycles. The average Bonchev–Trinajstić information content (AvgIpc) is 2.28. The molecule has 1 aromatic carbocycles. The standard InChI is InChI=1S/C14H23ClN2/c1-11(2)16-9-10-17(4)12(3)13-5-7-14(15)8-6-13/h5-8,11-12,16H,9-10H2,1-4H3. The summed E-state index contributed by atoms with van der Waals surface area (Å²) < 4.78 is 0. The minimum Gasteiger partial charge on any atom is -0.313 e. The van der Waals surface area contributed by atoms with Crippen LogP contribution in [0.25, 0.3) is 0 Å². The molecular formula is C14H23ClN2. The summed E-state index contributed by atoms with van der Waals surface area (Å²) in [7, 11) is 2.15. The lowest BCUT2D eigenvalue weighted by Crippen LogP contribution is -2.34. The highest BCUT2D eigenvalue weighted by Crippen LogP contribution is 2.20. The number of benzene rings is 1. The van der Waals surface area contributed by atoms with Crippen LogP contribution in [0.4, 0.5) is 0 Å². The molecule has 3 heteroatoms. The third-order valence-electron chi connectivity index (χ3n) is 3.03. The lowest BCUT2D eigenvalue weighted by atomic mass is 10.1. The van der Waals surface area contributed by atoms with Crippen molar-refractivity contribution in [2.45, 2.75) is 32.9 Å². The van der Waals surface area contributed by atoms with Crippen LogP contribution in [-0.4, -0.2) is 31.1 Å². The van der Waals surface area contributed by atoms with E-state index in [1.165, 1.54) is 5.56 Å². The highest BCUT2D eigenvalue weighted by molar-refractivity contribution is 6.30. The molecule has 0 aliphatic heterocycles. The summed E-state index contributed by atoms with van der Waals surface area (Å²) in [5.74, 6) is 0. The van der Waals surface area contributed by atoms with Crippen LogP contribution in [0, 0.1) is 0 Å².